The van der Waals surface area contributed by atoms with Crippen LogP contribution >= 0.6 is 11.6 Å². The van der Waals surface area contributed by atoms with Gasteiger partial charge in [-0.15, -0.1) is 0 Å². The van der Waals surface area contributed by atoms with Crippen molar-refractivity contribution in [3.05, 3.63) is 86.9 Å². The normalized spacial score (nSPS) is 29.1. The minimum absolute atomic E-state index is 0.0133. The summed E-state index contributed by atoms with van der Waals surface area (Å²) in [5.41, 5.74) is -0.267. The van der Waals surface area contributed by atoms with Gasteiger partial charge in [-0.3, -0.25) is 29.3 Å². The summed E-state index contributed by atoms with van der Waals surface area (Å²) in [6, 6.07) is 11.3. The highest BCUT2D eigenvalue weighted by Gasteiger charge is 2.68. The van der Waals surface area contributed by atoms with Crippen LogP contribution in [0.5, 0.6) is 0 Å². The van der Waals surface area contributed by atoms with Crippen LogP contribution in [0.1, 0.15) is 27.1 Å². The average Bonchev–Trinajstić information content (AvgIpc) is 3.66. The lowest BCUT2D eigenvalue weighted by molar-refractivity contribution is -0.384. The second-order valence-electron chi connectivity index (χ2n) is 9.72. The summed E-state index contributed by atoms with van der Waals surface area (Å²) < 4.78 is 0. The second kappa shape index (κ2) is 8.09. The lowest BCUT2D eigenvalue weighted by Crippen LogP contribution is -2.52. The van der Waals surface area contributed by atoms with Crippen LogP contribution in [0.4, 0.5) is 5.69 Å². The van der Waals surface area contributed by atoms with Gasteiger partial charge in [-0.2, -0.15) is 5.01 Å². The molecule has 9 nitrogen and oxygen atoms in total. The maximum atomic E-state index is 13.7. The first-order chi connectivity index (χ1) is 17.3. The van der Waals surface area contributed by atoms with E-state index in [-0.39, 0.29) is 33.7 Å². The molecule has 2 aromatic carbocycles. The number of amides is 3. The Morgan fingerprint density at radius 1 is 1.00 bits per heavy atom. The predicted molar refractivity (Wildman–Crippen MR) is 126 cm³/mol. The standard InChI is InChI=1S/C26H20ClN3O6/c27-20-7-2-1-6-17(20)24(32)28(12-21(31)13-4-3-5-14(10-13)30(35)36)29-25(33)22-15-8-9-16(19-11-18(15)19)23(22)26(29)34/h1-10,15-16,18-19,22-23H,11-12H2/t15-,16-,18-,19-,22+,23+/m0/s1. The SMILES string of the molecule is O=C(CN(C(=O)c1ccccc1Cl)N1C(=O)[C@@H]2[C@H]3C=C[C@@H]([C@@H]4C[C@@H]34)[C@H]2C1=O)c1cccc([N+](=O)[O-])c1. The van der Waals surface area contributed by atoms with Crippen molar-refractivity contribution in [2.45, 2.75) is 6.42 Å². The van der Waals surface area contributed by atoms with Crippen molar-refractivity contribution in [3.8, 4) is 0 Å². The summed E-state index contributed by atoms with van der Waals surface area (Å²) in [4.78, 5) is 64.8. The van der Waals surface area contributed by atoms with Crippen molar-refractivity contribution in [1.82, 2.24) is 10.0 Å². The van der Waals surface area contributed by atoms with Gasteiger partial charge in [-0.25, -0.2) is 5.01 Å². The van der Waals surface area contributed by atoms with Crippen LogP contribution < -0.4 is 0 Å². The number of rotatable bonds is 6. The van der Waals surface area contributed by atoms with Gasteiger partial charge in [-0.05, 0) is 42.2 Å². The van der Waals surface area contributed by atoms with Crippen molar-refractivity contribution in [3.63, 3.8) is 0 Å². The smallest absolute Gasteiger partial charge is 0.274 e. The number of Topliss-reactive ketones (excluding diaryl/α,β-unsaturated/α-hetero) is 1. The van der Waals surface area contributed by atoms with Gasteiger partial charge in [-0.1, -0.05) is 48.0 Å². The number of ketones is 1. The average molecular weight is 506 g/mol. The van der Waals surface area contributed by atoms with Crippen LogP contribution in [0.3, 0.4) is 0 Å². The van der Waals surface area contributed by atoms with Crippen LogP contribution in [0.25, 0.3) is 0 Å². The maximum absolute atomic E-state index is 13.7. The number of halogens is 1. The molecule has 0 N–H and O–H groups in total. The van der Waals surface area contributed by atoms with Gasteiger partial charge in [0, 0.05) is 17.7 Å². The molecule has 5 aliphatic rings. The molecule has 0 unspecified atom stereocenters. The molecule has 0 aromatic heterocycles. The molecule has 7 rings (SSSR count). The fraction of sp³-hybridized carbons (Fsp3) is 0.308. The van der Waals surface area contributed by atoms with E-state index in [0.717, 1.165) is 22.5 Å². The number of nitro benzene ring substituents is 1. The topological polar surface area (TPSA) is 118 Å². The van der Waals surface area contributed by atoms with Crippen molar-refractivity contribution >= 4 is 40.8 Å². The third-order valence-corrected chi connectivity index (χ3v) is 8.22. The molecule has 1 aliphatic heterocycles. The molecular formula is C26H20ClN3O6. The molecule has 3 amide bonds. The van der Waals surface area contributed by atoms with E-state index >= 15 is 0 Å². The van der Waals surface area contributed by atoms with Gasteiger partial charge in [0.05, 0.1) is 27.3 Å². The molecule has 1 saturated heterocycles. The van der Waals surface area contributed by atoms with Crippen LogP contribution in [-0.2, 0) is 9.59 Å². The Balaban J connectivity index is 1.37. The Bertz CT molecular complexity index is 1350. The van der Waals surface area contributed by atoms with Gasteiger partial charge in [0.2, 0.25) is 0 Å². The molecule has 182 valence electrons. The lowest BCUT2D eigenvalue weighted by Gasteiger charge is -2.37. The van der Waals surface area contributed by atoms with Crippen molar-refractivity contribution in [2.24, 2.45) is 35.5 Å². The molecule has 3 fully saturated rings. The third kappa shape index (κ3) is 3.30. The fourth-order valence-corrected chi connectivity index (χ4v) is 6.42. The number of nitrogens with zero attached hydrogens (tertiary/aromatic N) is 3. The minimum Gasteiger partial charge on any atom is -0.292 e. The maximum Gasteiger partial charge on any atom is 0.274 e. The molecule has 2 bridgehead atoms. The molecule has 36 heavy (non-hydrogen) atoms. The van der Waals surface area contributed by atoms with E-state index in [2.05, 4.69) is 0 Å². The fourth-order valence-electron chi connectivity index (χ4n) is 6.21. The summed E-state index contributed by atoms with van der Waals surface area (Å²) >= 11 is 6.25. The highest BCUT2D eigenvalue weighted by atomic mass is 35.5. The van der Waals surface area contributed by atoms with Crippen LogP contribution in [0.2, 0.25) is 5.02 Å². The number of imide groups is 1. The number of benzene rings is 2. The molecule has 4 aliphatic carbocycles. The first-order valence-corrected chi connectivity index (χ1v) is 12.1. The van der Waals surface area contributed by atoms with E-state index in [1.807, 2.05) is 12.2 Å². The number of hydrogen-bond acceptors (Lipinski definition) is 6. The summed E-state index contributed by atoms with van der Waals surface area (Å²) in [5.74, 6) is -2.93. The molecule has 1 heterocycles. The number of carbonyl (C=O) groups is 4. The Hall–Kier alpha value is -3.85. The van der Waals surface area contributed by atoms with Gasteiger partial charge in [0.25, 0.3) is 23.4 Å². The predicted octanol–water partition coefficient (Wildman–Crippen LogP) is 3.54. The number of allylic oxidation sites excluding steroid dienone is 2. The zero-order chi connectivity index (χ0) is 25.3. The van der Waals surface area contributed by atoms with E-state index in [1.165, 1.54) is 30.3 Å². The van der Waals surface area contributed by atoms with Crippen molar-refractivity contribution in [1.29, 1.82) is 0 Å². The Morgan fingerprint density at radius 3 is 2.25 bits per heavy atom. The highest BCUT2D eigenvalue weighted by Crippen LogP contribution is 2.65. The quantitative estimate of drug-likeness (QED) is 0.195. The van der Waals surface area contributed by atoms with Crippen LogP contribution in [-0.4, -0.2) is 45.0 Å². The number of nitro groups is 1. The largest absolute Gasteiger partial charge is 0.292 e. The number of hydrazine groups is 1. The zero-order valence-electron chi connectivity index (χ0n) is 18.8. The first kappa shape index (κ1) is 22.6. The summed E-state index contributed by atoms with van der Waals surface area (Å²) in [6.45, 7) is -0.655. The molecule has 10 heteroatoms. The molecular weight excluding hydrogens is 486 g/mol. The number of carbonyl (C=O) groups excluding carboxylic acids is 4. The van der Waals surface area contributed by atoms with Crippen molar-refractivity contribution < 1.29 is 24.1 Å². The monoisotopic (exact) mass is 505 g/mol. The van der Waals surface area contributed by atoms with E-state index in [1.54, 1.807) is 12.1 Å². The first-order valence-electron chi connectivity index (χ1n) is 11.7. The lowest BCUT2D eigenvalue weighted by atomic mass is 9.63. The zero-order valence-corrected chi connectivity index (χ0v) is 19.6. The Morgan fingerprint density at radius 2 is 1.64 bits per heavy atom. The molecule has 2 saturated carbocycles. The third-order valence-electron chi connectivity index (χ3n) is 7.89. The number of hydrogen-bond donors (Lipinski definition) is 0. The van der Waals surface area contributed by atoms with Gasteiger partial charge in [0.15, 0.2) is 5.78 Å². The van der Waals surface area contributed by atoms with E-state index in [0.29, 0.717) is 11.8 Å². The van der Waals surface area contributed by atoms with Crippen molar-refractivity contribution in [2.75, 3.05) is 6.54 Å². The molecule has 2 aromatic rings. The molecule has 0 spiro atoms. The van der Waals surface area contributed by atoms with Gasteiger partial charge < -0.3 is 0 Å². The van der Waals surface area contributed by atoms with Gasteiger partial charge >= 0.3 is 0 Å². The molecule has 0 radical (unpaired) electrons. The minimum atomic E-state index is -0.773. The van der Waals surface area contributed by atoms with Crippen LogP contribution in [0.15, 0.2) is 60.7 Å². The Kier molecular flexibility index (Phi) is 5.08. The van der Waals surface area contributed by atoms with E-state index in [9.17, 15) is 29.3 Å². The van der Waals surface area contributed by atoms with Crippen LogP contribution in [0, 0.1) is 45.6 Å². The second-order valence-corrected chi connectivity index (χ2v) is 10.1. The number of non-ortho nitro benzene ring substituents is 1. The molecule has 6 atom stereocenters. The van der Waals surface area contributed by atoms with Gasteiger partial charge in [0.1, 0.15) is 6.54 Å². The summed E-state index contributed by atoms with van der Waals surface area (Å²) in [7, 11) is 0. The Labute approximate surface area is 210 Å². The summed E-state index contributed by atoms with van der Waals surface area (Å²) in [6.07, 6.45) is 5.02. The van der Waals surface area contributed by atoms with E-state index in [4.69, 9.17) is 11.6 Å². The summed E-state index contributed by atoms with van der Waals surface area (Å²) in [5, 5.41) is 13.0. The highest BCUT2D eigenvalue weighted by molar-refractivity contribution is 6.34. The van der Waals surface area contributed by atoms with E-state index < -0.39 is 46.8 Å².